The zero-order valence-corrected chi connectivity index (χ0v) is 7.95. The predicted octanol–water partition coefficient (Wildman–Crippen LogP) is 2.02. The molecule has 0 aromatic carbocycles. The Morgan fingerprint density at radius 2 is 2.38 bits per heavy atom. The lowest BCUT2D eigenvalue weighted by atomic mass is 9.89. The Labute approximate surface area is 78.7 Å². The molecule has 0 aromatic heterocycles. The van der Waals surface area contributed by atoms with E-state index in [1.807, 2.05) is 0 Å². The Morgan fingerprint density at radius 3 is 3.00 bits per heavy atom. The van der Waals surface area contributed by atoms with Crippen molar-refractivity contribution in [3.05, 3.63) is 0 Å². The lowest BCUT2D eigenvalue weighted by Gasteiger charge is -2.26. The molecule has 13 heavy (non-hydrogen) atoms. The highest BCUT2D eigenvalue weighted by Crippen LogP contribution is 2.25. The maximum atomic E-state index is 11.0. The van der Waals surface area contributed by atoms with Crippen molar-refractivity contribution < 1.29 is 9.53 Å². The molecule has 0 aromatic rings. The van der Waals surface area contributed by atoms with E-state index in [2.05, 4.69) is 6.92 Å². The fraction of sp³-hybridized carbons (Fsp3) is 0.800. The summed E-state index contributed by atoms with van der Waals surface area (Å²) in [5.74, 6) is 0.273. The second kappa shape index (κ2) is 4.86. The fourth-order valence-electron chi connectivity index (χ4n) is 1.78. The largest absolute Gasteiger partial charge is 0.462 e. The van der Waals surface area contributed by atoms with Crippen molar-refractivity contribution in [2.75, 3.05) is 0 Å². The molecule has 2 atom stereocenters. The quantitative estimate of drug-likeness (QED) is 0.612. The topological polar surface area (TPSA) is 50.1 Å². The molecule has 0 heterocycles. The van der Waals surface area contributed by atoms with Gasteiger partial charge >= 0.3 is 5.97 Å². The molecule has 3 nitrogen and oxygen atoms in total. The third kappa shape index (κ3) is 3.45. The molecule has 1 rings (SSSR count). The molecule has 1 fully saturated rings. The Kier molecular flexibility index (Phi) is 3.75. The van der Waals surface area contributed by atoms with Gasteiger partial charge in [-0.15, -0.1) is 0 Å². The standard InChI is InChI=1S/C10H15NO2/c1-8-3-2-4-9(7-8)13-10(12)5-6-11/h8-9H,2-5,7H2,1H3. The van der Waals surface area contributed by atoms with E-state index in [1.54, 1.807) is 6.07 Å². The molecule has 0 bridgehead atoms. The summed E-state index contributed by atoms with van der Waals surface area (Å²) in [5, 5.41) is 8.27. The monoisotopic (exact) mass is 181 g/mol. The van der Waals surface area contributed by atoms with Crippen molar-refractivity contribution >= 4 is 5.97 Å². The summed E-state index contributed by atoms with van der Waals surface area (Å²) < 4.78 is 5.14. The Hall–Kier alpha value is -1.04. The van der Waals surface area contributed by atoms with Gasteiger partial charge in [0.05, 0.1) is 6.07 Å². The average molecular weight is 181 g/mol. The first-order valence-electron chi connectivity index (χ1n) is 4.79. The molecule has 0 aliphatic heterocycles. The van der Waals surface area contributed by atoms with Crippen molar-refractivity contribution in [3.8, 4) is 6.07 Å². The van der Waals surface area contributed by atoms with Crippen molar-refractivity contribution in [1.82, 2.24) is 0 Å². The van der Waals surface area contributed by atoms with E-state index in [-0.39, 0.29) is 18.5 Å². The van der Waals surface area contributed by atoms with Crippen molar-refractivity contribution in [1.29, 1.82) is 5.26 Å². The molecular formula is C10H15NO2. The Morgan fingerprint density at radius 1 is 1.62 bits per heavy atom. The number of carbonyl (C=O) groups is 1. The SMILES string of the molecule is CC1CCCC(OC(=O)CC#N)C1. The number of hydrogen-bond acceptors (Lipinski definition) is 3. The minimum Gasteiger partial charge on any atom is -0.462 e. The van der Waals surface area contributed by atoms with Gasteiger partial charge in [-0.25, -0.2) is 0 Å². The zero-order valence-electron chi connectivity index (χ0n) is 7.95. The van der Waals surface area contributed by atoms with Gasteiger partial charge in [-0.1, -0.05) is 13.3 Å². The molecule has 3 heteroatoms. The van der Waals surface area contributed by atoms with E-state index in [9.17, 15) is 4.79 Å². The maximum Gasteiger partial charge on any atom is 0.320 e. The Bertz CT molecular complexity index is 219. The predicted molar refractivity (Wildman–Crippen MR) is 47.7 cm³/mol. The number of esters is 1. The van der Waals surface area contributed by atoms with Crippen molar-refractivity contribution in [2.45, 2.75) is 45.1 Å². The van der Waals surface area contributed by atoms with Crippen LogP contribution in [0.1, 0.15) is 39.0 Å². The van der Waals surface area contributed by atoms with E-state index < -0.39 is 0 Å². The molecule has 2 unspecified atom stereocenters. The zero-order chi connectivity index (χ0) is 9.68. The van der Waals surface area contributed by atoms with E-state index in [0.29, 0.717) is 5.92 Å². The summed E-state index contributed by atoms with van der Waals surface area (Å²) in [4.78, 5) is 11.0. The minimum absolute atomic E-state index is 0.0598. The molecule has 1 aliphatic carbocycles. The first-order valence-corrected chi connectivity index (χ1v) is 4.79. The van der Waals surface area contributed by atoms with Crippen LogP contribution in [0.4, 0.5) is 0 Å². The summed E-state index contributed by atoms with van der Waals surface area (Å²) in [6.07, 6.45) is 4.21. The number of nitrogens with zero attached hydrogens (tertiary/aromatic N) is 1. The lowest BCUT2D eigenvalue weighted by molar-refractivity contribution is -0.149. The van der Waals surface area contributed by atoms with Crippen molar-refractivity contribution in [2.24, 2.45) is 5.92 Å². The van der Waals surface area contributed by atoms with Crippen LogP contribution in [0.15, 0.2) is 0 Å². The maximum absolute atomic E-state index is 11.0. The normalized spacial score (nSPS) is 27.7. The molecule has 0 N–H and O–H groups in total. The van der Waals surface area contributed by atoms with E-state index in [4.69, 9.17) is 10.00 Å². The van der Waals surface area contributed by atoms with Crippen LogP contribution in [0.25, 0.3) is 0 Å². The average Bonchev–Trinajstić information content (AvgIpc) is 2.04. The smallest absolute Gasteiger partial charge is 0.320 e. The molecule has 0 saturated heterocycles. The molecule has 1 aliphatic rings. The highest BCUT2D eigenvalue weighted by atomic mass is 16.5. The molecular weight excluding hydrogens is 166 g/mol. The first-order chi connectivity index (χ1) is 6.22. The van der Waals surface area contributed by atoms with E-state index >= 15 is 0 Å². The van der Waals surface area contributed by atoms with Crippen LogP contribution in [0.3, 0.4) is 0 Å². The molecule has 0 amide bonds. The summed E-state index contributed by atoms with van der Waals surface area (Å²) in [6.45, 7) is 2.17. The number of hydrogen-bond donors (Lipinski definition) is 0. The van der Waals surface area contributed by atoms with Crippen LogP contribution in [-0.2, 0) is 9.53 Å². The molecule has 0 spiro atoms. The molecule has 0 radical (unpaired) electrons. The van der Waals surface area contributed by atoms with Gasteiger partial charge in [-0.2, -0.15) is 5.26 Å². The van der Waals surface area contributed by atoms with Gasteiger partial charge in [-0.3, -0.25) is 4.79 Å². The van der Waals surface area contributed by atoms with Crippen LogP contribution < -0.4 is 0 Å². The summed E-state index contributed by atoms with van der Waals surface area (Å²) in [5.41, 5.74) is 0. The number of ether oxygens (including phenoxy) is 1. The van der Waals surface area contributed by atoms with Gasteiger partial charge < -0.3 is 4.74 Å². The minimum atomic E-state index is -0.374. The lowest BCUT2D eigenvalue weighted by Crippen LogP contribution is -2.24. The third-order valence-electron chi connectivity index (χ3n) is 2.41. The van der Waals surface area contributed by atoms with Crippen LogP contribution >= 0.6 is 0 Å². The summed E-state index contributed by atoms with van der Waals surface area (Å²) >= 11 is 0. The summed E-state index contributed by atoms with van der Waals surface area (Å²) in [7, 11) is 0. The van der Waals surface area contributed by atoms with Gasteiger partial charge in [0, 0.05) is 0 Å². The van der Waals surface area contributed by atoms with Gasteiger partial charge in [-0.05, 0) is 25.2 Å². The highest BCUT2D eigenvalue weighted by Gasteiger charge is 2.21. The number of nitriles is 1. The van der Waals surface area contributed by atoms with E-state index in [0.717, 1.165) is 19.3 Å². The molecule has 1 saturated carbocycles. The van der Waals surface area contributed by atoms with Crippen LogP contribution in [-0.4, -0.2) is 12.1 Å². The molecule has 72 valence electrons. The van der Waals surface area contributed by atoms with Gasteiger partial charge in [0.25, 0.3) is 0 Å². The first kappa shape index (κ1) is 10.0. The van der Waals surface area contributed by atoms with Crippen LogP contribution in [0.5, 0.6) is 0 Å². The van der Waals surface area contributed by atoms with Gasteiger partial charge in [0.2, 0.25) is 0 Å². The van der Waals surface area contributed by atoms with Gasteiger partial charge in [0.15, 0.2) is 0 Å². The highest BCUT2D eigenvalue weighted by molar-refractivity contribution is 5.71. The fourth-order valence-corrected chi connectivity index (χ4v) is 1.78. The van der Waals surface area contributed by atoms with Crippen LogP contribution in [0, 0.1) is 17.2 Å². The van der Waals surface area contributed by atoms with Crippen molar-refractivity contribution in [3.63, 3.8) is 0 Å². The number of carbonyl (C=O) groups excluding carboxylic acids is 1. The second-order valence-electron chi connectivity index (χ2n) is 3.72. The number of rotatable bonds is 2. The second-order valence-corrected chi connectivity index (χ2v) is 3.72. The van der Waals surface area contributed by atoms with E-state index in [1.165, 1.54) is 6.42 Å². The Balaban J connectivity index is 2.28. The third-order valence-corrected chi connectivity index (χ3v) is 2.41. The van der Waals surface area contributed by atoms with Gasteiger partial charge in [0.1, 0.15) is 12.5 Å². The summed E-state index contributed by atoms with van der Waals surface area (Å²) in [6, 6.07) is 1.79. The van der Waals surface area contributed by atoms with Crippen LogP contribution in [0.2, 0.25) is 0 Å².